The van der Waals surface area contributed by atoms with Crippen LogP contribution in [0.1, 0.15) is 79.1 Å². The molecule has 0 spiro atoms. The summed E-state index contributed by atoms with van der Waals surface area (Å²) < 4.78 is 30.4. The second-order valence-electron chi connectivity index (χ2n) is 7.55. The zero-order valence-corrected chi connectivity index (χ0v) is 19.1. The Morgan fingerprint density at radius 3 is 1.71 bits per heavy atom. The van der Waals surface area contributed by atoms with E-state index < -0.39 is 48.2 Å². The van der Waals surface area contributed by atoms with Gasteiger partial charge in [-0.15, -0.1) is 0 Å². The number of ether oxygens (including phenoxy) is 4. The van der Waals surface area contributed by atoms with Crippen LogP contribution < -0.4 is 5.31 Å². The van der Waals surface area contributed by atoms with E-state index in [9.17, 15) is 19.2 Å². The summed E-state index contributed by atoms with van der Waals surface area (Å²) in [5, 5.41) is 1.07. The van der Waals surface area contributed by atoms with Crippen LogP contribution in [-0.4, -0.2) is 61.4 Å². The largest absolute Gasteiger partial charge is 0.464 e. The number of hydrogen-bond acceptors (Lipinski definition) is 9. The van der Waals surface area contributed by atoms with E-state index in [2.05, 4.69) is 0 Å². The minimum atomic E-state index is -1.13. The number of carbonyl (C=O) groups excluding carboxylic acids is 4. The zero-order valence-electron chi connectivity index (χ0n) is 20.1. The first-order valence-electron chi connectivity index (χ1n) is 11.7. The SMILES string of the molecule is [2H]N1C[C@H](OC(=O)CCC)[C@@H](OC(=O)CCC)[C@H](OC(=O)CCC)[C@H]1COC(=O)CCC. The summed E-state index contributed by atoms with van der Waals surface area (Å²) >= 11 is 0. The van der Waals surface area contributed by atoms with Gasteiger partial charge in [0.2, 0.25) is 0 Å². The summed E-state index contributed by atoms with van der Waals surface area (Å²) in [7, 11) is 0. The van der Waals surface area contributed by atoms with E-state index in [0.29, 0.717) is 25.7 Å². The van der Waals surface area contributed by atoms with Crippen molar-refractivity contribution in [2.75, 3.05) is 13.2 Å². The van der Waals surface area contributed by atoms with Gasteiger partial charge in [-0.25, -0.2) is 0 Å². The Kier molecular flexibility index (Phi) is 12.0. The highest BCUT2D eigenvalue weighted by Crippen LogP contribution is 2.23. The number of rotatable bonds is 13. The highest BCUT2D eigenvalue weighted by molar-refractivity contribution is 5.72. The van der Waals surface area contributed by atoms with Crippen molar-refractivity contribution in [1.29, 1.82) is 0 Å². The Balaban J connectivity index is 3.19. The van der Waals surface area contributed by atoms with Gasteiger partial charge in [0, 0.05) is 32.2 Å². The Morgan fingerprint density at radius 1 is 0.742 bits per heavy atom. The fourth-order valence-corrected chi connectivity index (χ4v) is 3.13. The molecule has 0 aromatic carbocycles. The molecule has 1 saturated heterocycles. The van der Waals surface area contributed by atoms with Crippen molar-refractivity contribution in [2.24, 2.45) is 0 Å². The second kappa shape index (κ2) is 14.8. The lowest BCUT2D eigenvalue weighted by Gasteiger charge is -2.41. The van der Waals surface area contributed by atoms with E-state index in [1.807, 2.05) is 27.7 Å². The molecule has 0 aromatic heterocycles. The van der Waals surface area contributed by atoms with Crippen LogP contribution in [0.5, 0.6) is 0 Å². The highest BCUT2D eigenvalue weighted by atomic mass is 16.6. The third kappa shape index (κ3) is 9.67. The molecule has 0 unspecified atom stereocenters. The van der Waals surface area contributed by atoms with Crippen molar-refractivity contribution < 1.29 is 39.5 Å². The Morgan fingerprint density at radius 2 is 1.19 bits per heavy atom. The van der Waals surface area contributed by atoms with Gasteiger partial charge < -0.3 is 24.3 Å². The van der Waals surface area contributed by atoms with Gasteiger partial charge in [-0.3, -0.25) is 19.2 Å². The summed E-state index contributed by atoms with van der Waals surface area (Å²) in [6, 6.07) is -0.878. The maximum Gasteiger partial charge on any atom is 0.306 e. The molecule has 9 heteroatoms. The van der Waals surface area contributed by atoms with Gasteiger partial charge in [-0.05, 0) is 25.7 Å². The van der Waals surface area contributed by atoms with Gasteiger partial charge in [-0.1, -0.05) is 27.7 Å². The molecule has 1 N–H and O–H groups in total. The third-order valence-electron chi connectivity index (χ3n) is 4.64. The molecular weight excluding hydrogens is 406 g/mol. The third-order valence-corrected chi connectivity index (χ3v) is 4.64. The number of nitrogens with one attached hydrogen (secondary N) is 1. The molecule has 31 heavy (non-hydrogen) atoms. The van der Waals surface area contributed by atoms with Crippen LogP contribution in [0.2, 0.25) is 1.41 Å². The number of carbonyl (C=O) groups is 4. The summed E-state index contributed by atoms with van der Waals surface area (Å²) in [6.45, 7) is 7.00. The molecule has 1 heterocycles. The number of esters is 4. The smallest absolute Gasteiger partial charge is 0.306 e. The van der Waals surface area contributed by atoms with E-state index in [1.54, 1.807) is 0 Å². The maximum atomic E-state index is 12.3. The predicted octanol–water partition coefficient (Wildman–Crippen LogP) is 2.44. The molecule has 0 saturated carbocycles. The van der Waals surface area contributed by atoms with E-state index >= 15 is 0 Å². The average Bonchev–Trinajstić information content (AvgIpc) is 2.71. The minimum absolute atomic E-state index is 0.0860. The first-order valence-corrected chi connectivity index (χ1v) is 11.3. The first-order chi connectivity index (χ1) is 15.3. The predicted molar refractivity (Wildman–Crippen MR) is 112 cm³/mol. The molecule has 1 rings (SSSR count). The van der Waals surface area contributed by atoms with Crippen molar-refractivity contribution >= 4 is 23.9 Å². The summed E-state index contributed by atoms with van der Waals surface area (Å²) in [6.07, 6.45) is -0.293. The molecule has 1 aliphatic heterocycles. The second-order valence-corrected chi connectivity index (χ2v) is 7.55. The van der Waals surface area contributed by atoms with Crippen molar-refractivity contribution in [3.05, 3.63) is 0 Å². The number of piperidine rings is 1. The van der Waals surface area contributed by atoms with Crippen LogP contribution in [0.4, 0.5) is 0 Å². The minimum Gasteiger partial charge on any atom is -0.464 e. The molecule has 0 aromatic rings. The lowest BCUT2D eigenvalue weighted by atomic mass is 9.95. The van der Waals surface area contributed by atoms with Gasteiger partial charge in [0.15, 0.2) is 18.3 Å². The van der Waals surface area contributed by atoms with Crippen molar-refractivity contribution in [1.82, 2.24) is 5.31 Å². The molecule has 0 amide bonds. The van der Waals surface area contributed by atoms with Gasteiger partial charge in [0.25, 0.3) is 0 Å². The van der Waals surface area contributed by atoms with Crippen LogP contribution in [0.15, 0.2) is 0 Å². The highest BCUT2D eigenvalue weighted by Gasteiger charge is 2.46. The number of hydrogen-bond donors (Lipinski definition) is 1. The van der Waals surface area contributed by atoms with Gasteiger partial charge in [0.05, 0.1) is 6.04 Å². The Labute approximate surface area is 186 Å². The van der Waals surface area contributed by atoms with E-state index in [1.165, 1.54) is 0 Å². The summed E-state index contributed by atoms with van der Waals surface area (Å²) in [5.41, 5.74) is 0. The van der Waals surface area contributed by atoms with Gasteiger partial charge in [-0.2, -0.15) is 0 Å². The molecule has 1 aliphatic rings. The monoisotopic (exact) mass is 444 g/mol. The molecule has 1 fully saturated rings. The topological polar surface area (TPSA) is 117 Å². The Hall–Kier alpha value is -2.16. The van der Waals surface area contributed by atoms with E-state index in [-0.39, 0.29) is 38.8 Å². The lowest BCUT2D eigenvalue weighted by Crippen LogP contribution is -2.64. The van der Waals surface area contributed by atoms with Crippen LogP contribution in [0.25, 0.3) is 0 Å². The average molecular weight is 445 g/mol. The Bertz CT molecular complexity index is 629. The first kappa shape index (κ1) is 25.1. The van der Waals surface area contributed by atoms with Crippen LogP contribution in [0.3, 0.4) is 0 Å². The quantitative estimate of drug-likeness (QED) is 0.337. The van der Waals surface area contributed by atoms with Crippen LogP contribution >= 0.6 is 0 Å². The summed E-state index contributed by atoms with van der Waals surface area (Å²) in [5.74, 6) is -1.98. The van der Waals surface area contributed by atoms with Gasteiger partial charge >= 0.3 is 23.9 Å². The molecule has 9 nitrogen and oxygen atoms in total. The normalized spacial score (nSPS) is 24.1. The maximum absolute atomic E-state index is 12.3. The van der Waals surface area contributed by atoms with Crippen molar-refractivity contribution in [3.8, 4) is 0 Å². The summed E-state index contributed by atoms with van der Waals surface area (Å²) in [4.78, 5) is 48.7. The van der Waals surface area contributed by atoms with Gasteiger partial charge in [0.1, 0.15) is 8.02 Å². The van der Waals surface area contributed by atoms with E-state index in [0.717, 1.165) is 5.31 Å². The standard InChI is InChI=1S/C22H37NO8/c1-5-9-17(24)28-14-15-21(30-19(26)11-7-3)22(31-20(27)12-8-4)16(13-23-15)29-18(25)10-6-2/h15-16,21-23H,5-14H2,1-4H3/t15-,16+,21-,22-/m1/s1/i/hD. The molecular formula is C22H37NO8. The van der Waals surface area contributed by atoms with Crippen LogP contribution in [0, 0.1) is 0 Å². The molecule has 0 radical (unpaired) electrons. The van der Waals surface area contributed by atoms with Crippen molar-refractivity contribution in [2.45, 2.75) is 103 Å². The van der Waals surface area contributed by atoms with E-state index in [4.69, 9.17) is 20.4 Å². The van der Waals surface area contributed by atoms with Crippen LogP contribution in [-0.2, 0) is 38.1 Å². The fourth-order valence-electron chi connectivity index (χ4n) is 3.13. The fraction of sp³-hybridized carbons (Fsp3) is 0.818. The zero-order chi connectivity index (χ0) is 24.1. The molecule has 178 valence electrons. The molecule has 0 aliphatic carbocycles. The van der Waals surface area contributed by atoms with Crippen molar-refractivity contribution in [3.63, 3.8) is 0 Å². The lowest BCUT2D eigenvalue weighted by molar-refractivity contribution is -0.196. The molecule has 4 atom stereocenters. The molecule has 0 bridgehead atoms.